The number of fused-ring (bicyclic) bond motifs is 1. The summed E-state index contributed by atoms with van der Waals surface area (Å²) in [5, 5.41) is 4.32. The highest BCUT2D eigenvalue weighted by molar-refractivity contribution is 5.83. The lowest BCUT2D eigenvalue weighted by Gasteiger charge is -2.05. The number of aromatic nitrogens is 1. The molecule has 1 amide bonds. The second-order valence-corrected chi connectivity index (χ2v) is 8.09. The van der Waals surface area contributed by atoms with Crippen LogP contribution in [0.15, 0.2) is 54.8 Å². The van der Waals surface area contributed by atoms with Crippen molar-refractivity contribution >= 4 is 16.8 Å². The summed E-state index contributed by atoms with van der Waals surface area (Å²) in [6, 6.07) is 8.31. The van der Waals surface area contributed by atoms with Gasteiger partial charge in [-0.1, -0.05) is 81.5 Å². The highest BCUT2D eigenvalue weighted by Gasteiger charge is 2.04. The summed E-state index contributed by atoms with van der Waals surface area (Å²) in [5.41, 5.74) is 2.43. The van der Waals surface area contributed by atoms with E-state index in [-0.39, 0.29) is 5.91 Å². The molecule has 0 aliphatic heterocycles. The largest absolute Gasteiger partial charge is 0.361 e. The van der Waals surface area contributed by atoms with Gasteiger partial charge in [-0.05, 0) is 50.2 Å². The van der Waals surface area contributed by atoms with Crippen LogP contribution in [-0.2, 0) is 11.2 Å². The Morgan fingerprint density at radius 1 is 0.933 bits per heavy atom. The van der Waals surface area contributed by atoms with E-state index < -0.39 is 0 Å². The average Bonchev–Trinajstić information content (AvgIpc) is 3.17. The molecular weight excluding hydrogens is 368 g/mol. The van der Waals surface area contributed by atoms with Crippen molar-refractivity contribution in [3.05, 3.63) is 60.3 Å². The number of aromatic amines is 1. The molecule has 0 spiro atoms. The molecule has 0 atom stereocenters. The molecule has 0 radical (unpaired) electrons. The summed E-state index contributed by atoms with van der Waals surface area (Å²) in [5.74, 6) is 0.185. The van der Waals surface area contributed by atoms with E-state index >= 15 is 0 Å². The molecule has 0 saturated heterocycles. The predicted octanol–water partition coefficient (Wildman–Crippen LogP) is 7.25. The maximum absolute atomic E-state index is 12.0. The molecule has 3 heteroatoms. The minimum absolute atomic E-state index is 0.185. The van der Waals surface area contributed by atoms with Crippen LogP contribution in [-0.4, -0.2) is 17.4 Å². The molecular formula is C27H40N2O. The number of H-pyrrole nitrogens is 1. The number of rotatable bonds is 16. The molecule has 2 aromatic rings. The van der Waals surface area contributed by atoms with Crippen LogP contribution in [0.4, 0.5) is 0 Å². The van der Waals surface area contributed by atoms with Crippen LogP contribution >= 0.6 is 0 Å². The van der Waals surface area contributed by atoms with Gasteiger partial charge in [0.05, 0.1) is 0 Å². The lowest BCUT2D eigenvalue weighted by atomic mass is 10.1. The highest BCUT2D eigenvalue weighted by atomic mass is 16.1. The first-order valence-corrected chi connectivity index (χ1v) is 11.9. The van der Waals surface area contributed by atoms with Gasteiger partial charge >= 0.3 is 0 Å². The molecule has 2 rings (SSSR count). The highest BCUT2D eigenvalue weighted by Crippen LogP contribution is 2.17. The number of carbonyl (C=O) groups is 1. The standard InChI is InChI=1S/C27H40N2O/c1-2-3-4-5-6-7-8-9-10-11-12-13-14-15-20-27(30)28-22-21-24-23-29-26-19-17-16-18-25(24)26/h5-6,8-9,16-19,23,29H,2-4,7,10-15,20-22H2,1H3,(H,28,30)/b6-5-,9-8-. The number of nitrogens with one attached hydrogen (secondary N) is 2. The lowest BCUT2D eigenvalue weighted by Crippen LogP contribution is -2.25. The van der Waals surface area contributed by atoms with Crippen LogP contribution in [0.5, 0.6) is 0 Å². The van der Waals surface area contributed by atoms with Crippen molar-refractivity contribution in [2.75, 3.05) is 6.54 Å². The number of carbonyl (C=O) groups excluding carboxylic acids is 1. The molecule has 1 aromatic heterocycles. The second kappa shape index (κ2) is 15.5. The Balaban J connectivity index is 1.41. The van der Waals surface area contributed by atoms with Crippen LogP contribution in [0.2, 0.25) is 0 Å². The van der Waals surface area contributed by atoms with Crippen LogP contribution < -0.4 is 5.32 Å². The zero-order valence-corrected chi connectivity index (χ0v) is 18.8. The van der Waals surface area contributed by atoms with Gasteiger partial charge in [0.2, 0.25) is 5.91 Å². The number of para-hydroxylation sites is 1. The number of unbranched alkanes of at least 4 members (excludes halogenated alkanes) is 7. The Labute approximate surface area is 183 Å². The predicted molar refractivity (Wildman–Crippen MR) is 130 cm³/mol. The van der Waals surface area contributed by atoms with Gasteiger partial charge in [-0.2, -0.15) is 0 Å². The van der Waals surface area contributed by atoms with Crippen molar-refractivity contribution in [2.45, 2.75) is 84.0 Å². The van der Waals surface area contributed by atoms with E-state index in [1.165, 1.54) is 55.9 Å². The first-order valence-electron chi connectivity index (χ1n) is 11.9. The maximum atomic E-state index is 12.0. The zero-order chi connectivity index (χ0) is 21.3. The third kappa shape index (κ3) is 9.96. The Kier molecular flexibility index (Phi) is 12.4. The van der Waals surface area contributed by atoms with Crippen molar-refractivity contribution in [2.24, 2.45) is 0 Å². The van der Waals surface area contributed by atoms with Crippen LogP contribution in [0.3, 0.4) is 0 Å². The van der Waals surface area contributed by atoms with E-state index in [9.17, 15) is 4.79 Å². The topological polar surface area (TPSA) is 44.9 Å². The zero-order valence-electron chi connectivity index (χ0n) is 18.8. The van der Waals surface area contributed by atoms with Crippen LogP contribution in [0.1, 0.15) is 83.1 Å². The van der Waals surface area contributed by atoms with E-state index in [0.29, 0.717) is 13.0 Å². The van der Waals surface area contributed by atoms with Gasteiger partial charge in [0.15, 0.2) is 0 Å². The molecule has 0 unspecified atom stereocenters. The van der Waals surface area contributed by atoms with E-state index in [0.717, 1.165) is 31.2 Å². The molecule has 164 valence electrons. The fourth-order valence-corrected chi connectivity index (χ4v) is 3.67. The molecule has 1 aromatic carbocycles. The molecule has 0 fully saturated rings. The summed E-state index contributed by atoms with van der Waals surface area (Å²) >= 11 is 0. The molecule has 30 heavy (non-hydrogen) atoms. The molecule has 2 N–H and O–H groups in total. The quantitative estimate of drug-likeness (QED) is 0.223. The number of hydrogen-bond acceptors (Lipinski definition) is 1. The van der Waals surface area contributed by atoms with Crippen molar-refractivity contribution in [1.29, 1.82) is 0 Å². The number of amides is 1. The van der Waals surface area contributed by atoms with Crippen LogP contribution in [0.25, 0.3) is 10.9 Å². The molecule has 0 aliphatic carbocycles. The molecule has 0 aliphatic rings. The SMILES string of the molecule is CCCC/C=C\C/C=C\CCCCCCCC(=O)NCCc1c[nH]c2ccccc12. The molecule has 3 nitrogen and oxygen atoms in total. The van der Waals surface area contributed by atoms with E-state index in [2.05, 4.69) is 65.9 Å². The first-order chi connectivity index (χ1) is 14.8. The molecule has 0 bridgehead atoms. The number of allylic oxidation sites excluding steroid dienone is 4. The fraction of sp³-hybridized carbons (Fsp3) is 0.519. The van der Waals surface area contributed by atoms with Crippen molar-refractivity contribution in [3.63, 3.8) is 0 Å². The molecule has 0 saturated carbocycles. The summed E-state index contributed by atoms with van der Waals surface area (Å²) < 4.78 is 0. The average molecular weight is 409 g/mol. The Hall–Kier alpha value is -2.29. The third-order valence-electron chi connectivity index (χ3n) is 5.50. The van der Waals surface area contributed by atoms with Gasteiger partial charge in [-0.15, -0.1) is 0 Å². The van der Waals surface area contributed by atoms with Gasteiger partial charge < -0.3 is 10.3 Å². The van der Waals surface area contributed by atoms with Crippen LogP contribution in [0, 0.1) is 0 Å². The van der Waals surface area contributed by atoms with E-state index in [4.69, 9.17) is 0 Å². The Morgan fingerprint density at radius 2 is 1.67 bits per heavy atom. The second-order valence-electron chi connectivity index (χ2n) is 8.09. The van der Waals surface area contributed by atoms with Gasteiger partial charge in [-0.3, -0.25) is 4.79 Å². The minimum atomic E-state index is 0.185. The summed E-state index contributed by atoms with van der Waals surface area (Å²) in [6.45, 7) is 2.94. The monoisotopic (exact) mass is 408 g/mol. The fourth-order valence-electron chi connectivity index (χ4n) is 3.67. The Bertz CT molecular complexity index is 772. The van der Waals surface area contributed by atoms with E-state index in [1.54, 1.807) is 0 Å². The summed E-state index contributed by atoms with van der Waals surface area (Å²) in [6.07, 6.45) is 24.7. The van der Waals surface area contributed by atoms with Gasteiger partial charge in [-0.25, -0.2) is 0 Å². The number of benzene rings is 1. The lowest BCUT2D eigenvalue weighted by molar-refractivity contribution is -0.121. The summed E-state index contributed by atoms with van der Waals surface area (Å²) in [4.78, 5) is 15.3. The normalized spacial score (nSPS) is 11.8. The van der Waals surface area contributed by atoms with Crippen molar-refractivity contribution in [3.8, 4) is 0 Å². The Morgan fingerprint density at radius 3 is 2.50 bits per heavy atom. The van der Waals surface area contributed by atoms with Gasteiger partial charge in [0.1, 0.15) is 0 Å². The third-order valence-corrected chi connectivity index (χ3v) is 5.50. The van der Waals surface area contributed by atoms with Gasteiger partial charge in [0.25, 0.3) is 0 Å². The molecule has 1 heterocycles. The van der Waals surface area contributed by atoms with Crippen molar-refractivity contribution < 1.29 is 4.79 Å². The smallest absolute Gasteiger partial charge is 0.220 e. The van der Waals surface area contributed by atoms with Crippen molar-refractivity contribution in [1.82, 2.24) is 10.3 Å². The number of hydrogen-bond donors (Lipinski definition) is 2. The first kappa shape index (κ1) is 24.0. The maximum Gasteiger partial charge on any atom is 0.220 e. The minimum Gasteiger partial charge on any atom is -0.361 e. The summed E-state index contributed by atoms with van der Waals surface area (Å²) in [7, 11) is 0. The van der Waals surface area contributed by atoms with E-state index in [1.807, 2.05) is 6.07 Å². The van der Waals surface area contributed by atoms with Gasteiger partial charge in [0, 0.05) is 30.1 Å².